The first-order chi connectivity index (χ1) is 12.5. The van der Waals surface area contributed by atoms with Crippen molar-refractivity contribution in [2.45, 2.75) is 41.7 Å². The summed E-state index contributed by atoms with van der Waals surface area (Å²) in [6.45, 7) is 3.40. The summed E-state index contributed by atoms with van der Waals surface area (Å²) in [5.41, 5.74) is 0. The van der Waals surface area contributed by atoms with Gasteiger partial charge in [0.2, 0.25) is 0 Å². The molecule has 2 aromatic rings. The third kappa shape index (κ3) is 4.93. The maximum atomic E-state index is 11.3. The third-order valence-electron chi connectivity index (χ3n) is 4.34. The highest BCUT2D eigenvalue weighted by atomic mass is 35.5. The van der Waals surface area contributed by atoms with Crippen molar-refractivity contribution in [3.8, 4) is 5.75 Å². The zero-order chi connectivity index (χ0) is 18.5. The van der Waals surface area contributed by atoms with E-state index < -0.39 is 12.0 Å². The molecule has 2 atom stereocenters. The number of nitrogens with zero attached hydrogens (tertiary/aromatic N) is 1. The number of likely N-dealkylation sites (tertiary alicyclic amines) is 1. The molecule has 138 valence electrons. The van der Waals surface area contributed by atoms with Crippen LogP contribution in [0.4, 0.5) is 0 Å². The fourth-order valence-electron chi connectivity index (χ4n) is 3.20. The fourth-order valence-corrected chi connectivity index (χ4v) is 4.40. The van der Waals surface area contributed by atoms with E-state index >= 15 is 0 Å². The van der Waals surface area contributed by atoms with Crippen LogP contribution in [-0.4, -0.2) is 41.2 Å². The number of benzene rings is 2. The molecule has 1 saturated heterocycles. The minimum absolute atomic E-state index is 0.101. The molecule has 1 N–H and O–H groups in total. The van der Waals surface area contributed by atoms with Crippen molar-refractivity contribution >= 4 is 29.3 Å². The molecular formula is C20H22ClNO3S. The first-order valence-corrected chi connectivity index (χ1v) is 9.88. The van der Waals surface area contributed by atoms with Crippen LogP contribution in [-0.2, 0) is 4.79 Å². The van der Waals surface area contributed by atoms with Crippen LogP contribution in [0.3, 0.4) is 0 Å². The second kappa shape index (κ2) is 8.80. The van der Waals surface area contributed by atoms with E-state index in [1.54, 1.807) is 11.8 Å². The van der Waals surface area contributed by atoms with Crippen molar-refractivity contribution in [2.75, 3.05) is 13.1 Å². The summed E-state index contributed by atoms with van der Waals surface area (Å²) >= 11 is 7.67. The molecule has 1 heterocycles. The third-order valence-corrected chi connectivity index (χ3v) is 5.62. The van der Waals surface area contributed by atoms with E-state index in [2.05, 4.69) is 0 Å². The number of para-hydroxylation sites is 1. The van der Waals surface area contributed by atoms with Crippen LogP contribution in [0.5, 0.6) is 5.75 Å². The fraction of sp³-hybridized carbons (Fsp3) is 0.350. The lowest BCUT2D eigenvalue weighted by molar-refractivity contribution is -0.142. The molecule has 26 heavy (non-hydrogen) atoms. The van der Waals surface area contributed by atoms with Crippen LogP contribution in [0.15, 0.2) is 58.3 Å². The van der Waals surface area contributed by atoms with E-state index in [1.807, 2.05) is 60.4 Å². The molecule has 0 aromatic heterocycles. The number of rotatable bonds is 7. The monoisotopic (exact) mass is 391 g/mol. The first-order valence-electron chi connectivity index (χ1n) is 8.69. The van der Waals surface area contributed by atoms with Gasteiger partial charge in [-0.05, 0) is 56.6 Å². The minimum Gasteiger partial charge on any atom is -0.488 e. The maximum Gasteiger partial charge on any atom is 0.320 e. The summed E-state index contributed by atoms with van der Waals surface area (Å²) in [6.07, 6.45) is 1.53. The molecule has 0 spiro atoms. The lowest BCUT2D eigenvalue weighted by Crippen LogP contribution is -2.41. The van der Waals surface area contributed by atoms with Gasteiger partial charge >= 0.3 is 5.97 Å². The van der Waals surface area contributed by atoms with Crippen LogP contribution < -0.4 is 4.74 Å². The zero-order valence-corrected chi connectivity index (χ0v) is 16.2. The van der Waals surface area contributed by atoms with Gasteiger partial charge in [0.05, 0.1) is 4.90 Å². The first kappa shape index (κ1) is 19.1. The van der Waals surface area contributed by atoms with Crippen LogP contribution in [0, 0.1) is 0 Å². The molecular weight excluding hydrogens is 370 g/mol. The van der Waals surface area contributed by atoms with Crippen LogP contribution in [0.25, 0.3) is 0 Å². The van der Waals surface area contributed by atoms with E-state index in [0.717, 1.165) is 28.5 Å². The predicted octanol–water partition coefficient (Wildman–Crippen LogP) is 4.81. The quantitative estimate of drug-likeness (QED) is 0.734. The Labute approximate surface area is 163 Å². The average Bonchev–Trinajstić information content (AvgIpc) is 3.05. The van der Waals surface area contributed by atoms with Crippen molar-refractivity contribution in [3.63, 3.8) is 0 Å². The summed E-state index contributed by atoms with van der Waals surface area (Å²) in [7, 11) is 0. The molecule has 1 fully saturated rings. The Morgan fingerprint density at radius 3 is 2.92 bits per heavy atom. The summed E-state index contributed by atoms with van der Waals surface area (Å²) in [4.78, 5) is 15.4. The molecule has 0 bridgehead atoms. The Morgan fingerprint density at radius 2 is 2.15 bits per heavy atom. The Balaban J connectivity index is 1.67. The lowest BCUT2D eigenvalue weighted by Gasteiger charge is -2.25. The highest BCUT2D eigenvalue weighted by Crippen LogP contribution is 2.36. The minimum atomic E-state index is -0.744. The van der Waals surface area contributed by atoms with Gasteiger partial charge in [-0.25, -0.2) is 0 Å². The summed E-state index contributed by atoms with van der Waals surface area (Å²) < 4.78 is 6.15. The Bertz CT molecular complexity index is 770. The van der Waals surface area contributed by atoms with E-state index in [1.165, 1.54) is 0 Å². The number of carboxylic acids is 1. The molecule has 0 radical (unpaired) electrons. The maximum absolute atomic E-state index is 11.3. The smallest absolute Gasteiger partial charge is 0.320 e. The number of hydrogen-bond acceptors (Lipinski definition) is 4. The Hall–Kier alpha value is -1.69. The summed E-state index contributed by atoms with van der Waals surface area (Å²) in [5.74, 6) is 0.0580. The number of halogens is 1. The van der Waals surface area contributed by atoms with Gasteiger partial charge in [-0.3, -0.25) is 9.69 Å². The van der Waals surface area contributed by atoms with Gasteiger partial charge in [0.25, 0.3) is 0 Å². The standard InChI is InChI=1S/C20H22ClNO3S/c1-14(13-22-11-5-8-17(22)20(23)24)25-18-9-2-3-10-19(18)26-16-7-4-6-15(21)12-16/h2-4,6-7,9-10,12,14,17H,5,8,11,13H2,1H3,(H,23,24)/t14-,17?/m0/s1. The molecule has 0 saturated carbocycles. The lowest BCUT2D eigenvalue weighted by atomic mass is 10.2. The molecule has 6 heteroatoms. The molecule has 1 unspecified atom stereocenters. The molecule has 2 aromatic carbocycles. The molecule has 4 nitrogen and oxygen atoms in total. The second-order valence-electron chi connectivity index (χ2n) is 6.43. The van der Waals surface area contributed by atoms with Crippen molar-refractivity contribution in [1.29, 1.82) is 0 Å². The Kier molecular flexibility index (Phi) is 6.46. The van der Waals surface area contributed by atoms with Crippen molar-refractivity contribution in [1.82, 2.24) is 4.90 Å². The molecule has 0 amide bonds. The molecule has 1 aliphatic heterocycles. The molecule has 1 aliphatic rings. The van der Waals surface area contributed by atoms with E-state index in [4.69, 9.17) is 16.3 Å². The van der Waals surface area contributed by atoms with Gasteiger partial charge < -0.3 is 9.84 Å². The Morgan fingerprint density at radius 1 is 1.35 bits per heavy atom. The van der Waals surface area contributed by atoms with Gasteiger partial charge in [-0.1, -0.05) is 41.6 Å². The number of hydrogen-bond donors (Lipinski definition) is 1. The van der Waals surface area contributed by atoms with E-state index in [9.17, 15) is 9.90 Å². The van der Waals surface area contributed by atoms with Gasteiger partial charge in [0.15, 0.2) is 0 Å². The van der Waals surface area contributed by atoms with E-state index in [0.29, 0.717) is 18.0 Å². The largest absolute Gasteiger partial charge is 0.488 e. The number of carbonyl (C=O) groups is 1. The summed E-state index contributed by atoms with van der Waals surface area (Å²) in [5, 5.41) is 10.0. The van der Waals surface area contributed by atoms with Crippen molar-refractivity contribution < 1.29 is 14.6 Å². The van der Waals surface area contributed by atoms with Crippen molar-refractivity contribution in [3.05, 3.63) is 53.6 Å². The zero-order valence-electron chi connectivity index (χ0n) is 14.6. The van der Waals surface area contributed by atoms with Gasteiger partial charge in [-0.2, -0.15) is 0 Å². The second-order valence-corrected chi connectivity index (χ2v) is 7.98. The average molecular weight is 392 g/mol. The van der Waals surface area contributed by atoms with Crippen LogP contribution in [0.2, 0.25) is 5.02 Å². The van der Waals surface area contributed by atoms with Gasteiger partial charge in [-0.15, -0.1) is 0 Å². The number of ether oxygens (including phenoxy) is 1. The van der Waals surface area contributed by atoms with Crippen LogP contribution in [0.1, 0.15) is 19.8 Å². The predicted molar refractivity (Wildman–Crippen MR) is 104 cm³/mol. The van der Waals surface area contributed by atoms with Crippen molar-refractivity contribution in [2.24, 2.45) is 0 Å². The topological polar surface area (TPSA) is 49.8 Å². The number of aliphatic carboxylic acids is 1. The van der Waals surface area contributed by atoms with Crippen LogP contribution >= 0.6 is 23.4 Å². The van der Waals surface area contributed by atoms with E-state index in [-0.39, 0.29) is 6.10 Å². The van der Waals surface area contributed by atoms with Gasteiger partial charge in [0.1, 0.15) is 17.9 Å². The number of carboxylic acid groups (broad SMARTS) is 1. The highest BCUT2D eigenvalue weighted by molar-refractivity contribution is 7.99. The normalized spacial score (nSPS) is 18.6. The van der Waals surface area contributed by atoms with Gasteiger partial charge in [0, 0.05) is 16.5 Å². The SMILES string of the molecule is C[C@@H](CN1CCCC1C(=O)O)Oc1ccccc1Sc1cccc(Cl)c1. The summed E-state index contributed by atoms with van der Waals surface area (Å²) in [6, 6.07) is 15.2. The molecule has 3 rings (SSSR count). The highest BCUT2D eigenvalue weighted by Gasteiger charge is 2.31. The molecule has 0 aliphatic carbocycles.